The topological polar surface area (TPSA) is 72.3 Å². The predicted molar refractivity (Wildman–Crippen MR) is 375 cm³/mol. The summed E-state index contributed by atoms with van der Waals surface area (Å²) in [7, 11) is 0. The van der Waals surface area contributed by atoms with Crippen molar-refractivity contribution in [3.05, 3.63) is 293 Å². The van der Waals surface area contributed by atoms with Crippen LogP contribution in [0.1, 0.15) is 50.1 Å². The van der Waals surface area contributed by atoms with Crippen LogP contribution in [0.25, 0.3) is 145 Å². The van der Waals surface area contributed by atoms with E-state index in [4.69, 9.17) is 15.0 Å². The van der Waals surface area contributed by atoms with Crippen LogP contribution in [0.15, 0.2) is 243 Å². The summed E-state index contributed by atoms with van der Waals surface area (Å²) >= 11 is 0. The first kappa shape index (κ1) is 55.3. The second-order valence-electron chi connectivity index (χ2n) is 24.5. The zero-order valence-electron chi connectivity index (χ0n) is 51.8. The third kappa shape index (κ3) is 9.73. The van der Waals surface area contributed by atoms with Gasteiger partial charge in [-0.2, -0.15) is 5.26 Å². The maximum absolute atomic E-state index is 11.0. The second-order valence-corrected chi connectivity index (χ2v) is 24.5. The maximum Gasteiger partial charge on any atom is 0.164 e. The van der Waals surface area contributed by atoms with Crippen LogP contribution < -0.4 is 0 Å². The molecule has 6 nitrogen and oxygen atoms in total. The van der Waals surface area contributed by atoms with Crippen LogP contribution in [0.5, 0.6) is 0 Å². The molecule has 0 aliphatic heterocycles. The van der Waals surface area contributed by atoms with E-state index < -0.39 is 0 Å². The summed E-state index contributed by atoms with van der Waals surface area (Å²) in [5, 5.41) is 15.5. The Hall–Kier alpha value is -11.3. The third-order valence-electron chi connectivity index (χ3n) is 18.2. The van der Waals surface area contributed by atoms with Crippen molar-refractivity contribution < 1.29 is 0 Å². The summed E-state index contributed by atoms with van der Waals surface area (Å²) in [5.74, 6) is 1.70. The average molecular weight is 1160 g/mol. The van der Waals surface area contributed by atoms with Crippen LogP contribution in [-0.4, -0.2) is 24.1 Å². The van der Waals surface area contributed by atoms with Crippen molar-refractivity contribution in [3.8, 4) is 107 Å². The van der Waals surface area contributed by atoms with E-state index in [1.54, 1.807) is 0 Å². The Morgan fingerprint density at radius 3 is 0.956 bits per heavy atom. The molecule has 0 saturated heterocycles. The van der Waals surface area contributed by atoms with Crippen molar-refractivity contribution in [1.82, 2.24) is 24.1 Å². The fraction of sp³-hybridized carbons (Fsp3) is 0.0952. The maximum atomic E-state index is 11.0. The van der Waals surface area contributed by atoms with Gasteiger partial charge in [-0.05, 0) is 195 Å². The first-order chi connectivity index (χ1) is 43.8. The van der Waals surface area contributed by atoms with Crippen molar-refractivity contribution in [2.45, 2.75) is 55.4 Å². The SMILES string of the molecule is Cc1ccc(-c2ccc3c(c2)c2cc(-c4ccc(C)cc4C)ccc2n3-c2ccc(C#N)cc2-c2ccc(-c3nc(-c4ccccc4)nc(-c4ccccc4)n3)cc2-n2c3ccc(-c4ccc(C)cc4C)cc3c3cc(-c4ccc(C)cc4C)ccc32)c(C)c1. The molecule has 0 amide bonds. The van der Waals surface area contributed by atoms with E-state index in [2.05, 4.69) is 247 Å². The van der Waals surface area contributed by atoms with E-state index in [0.29, 0.717) is 23.0 Å². The lowest BCUT2D eigenvalue weighted by Crippen LogP contribution is -2.04. The number of nitriles is 1. The van der Waals surface area contributed by atoms with Crippen LogP contribution in [0, 0.1) is 66.7 Å². The molecule has 0 bridgehead atoms. The van der Waals surface area contributed by atoms with Gasteiger partial charge in [-0.15, -0.1) is 0 Å². The number of rotatable bonds is 10. The minimum atomic E-state index is 0.540. The Labute approximate surface area is 525 Å². The first-order valence-electron chi connectivity index (χ1n) is 30.9. The molecule has 6 heteroatoms. The van der Waals surface area contributed by atoms with Crippen molar-refractivity contribution in [3.63, 3.8) is 0 Å². The largest absolute Gasteiger partial charge is 0.309 e. The Morgan fingerprint density at radius 2 is 0.600 bits per heavy atom. The molecule has 0 aliphatic rings. The Morgan fingerprint density at radius 1 is 0.267 bits per heavy atom. The van der Waals surface area contributed by atoms with Gasteiger partial charge in [-0.3, -0.25) is 0 Å². The molecule has 3 heterocycles. The highest BCUT2D eigenvalue weighted by Crippen LogP contribution is 2.46. The van der Waals surface area contributed by atoms with E-state index in [0.717, 1.165) is 105 Å². The number of aromatic nitrogens is 5. The minimum absolute atomic E-state index is 0.540. The zero-order chi connectivity index (χ0) is 61.5. The number of nitrogens with zero attached hydrogens (tertiary/aromatic N) is 6. The monoisotopic (exact) mass is 1160 g/mol. The van der Waals surface area contributed by atoms with Crippen LogP contribution >= 0.6 is 0 Å². The lowest BCUT2D eigenvalue weighted by atomic mass is 9.95. The van der Waals surface area contributed by atoms with Crippen LogP contribution in [0.4, 0.5) is 0 Å². The molecule has 15 rings (SSSR count). The van der Waals surface area contributed by atoms with Gasteiger partial charge in [0.1, 0.15) is 0 Å². The highest BCUT2D eigenvalue weighted by Gasteiger charge is 2.25. The van der Waals surface area contributed by atoms with Crippen molar-refractivity contribution >= 4 is 43.6 Å². The quantitative estimate of drug-likeness (QED) is 0.137. The summed E-state index contributed by atoms with van der Waals surface area (Å²) in [4.78, 5) is 15.8. The molecule has 0 saturated carbocycles. The smallest absolute Gasteiger partial charge is 0.164 e. The molecule has 0 fully saturated rings. The number of aryl methyl sites for hydroxylation is 8. The second kappa shape index (κ2) is 22.2. The fourth-order valence-electron chi connectivity index (χ4n) is 13.8. The summed E-state index contributed by atoms with van der Waals surface area (Å²) in [5.41, 5.74) is 30.3. The lowest BCUT2D eigenvalue weighted by molar-refractivity contribution is 1.07. The summed E-state index contributed by atoms with van der Waals surface area (Å²) in [6, 6.07) is 90.3. The van der Waals surface area contributed by atoms with Gasteiger partial charge in [0.2, 0.25) is 0 Å². The van der Waals surface area contributed by atoms with Gasteiger partial charge in [0.25, 0.3) is 0 Å². The Balaban J connectivity index is 1.04. The molecule has 3 aromatic heterocycles. The number of hydrogen-bond acceptors (Lipinski definition) is 4. The molecule has 0 aliphatic carbocycles. The minimum Gasteiger partial charge on any atom is -0.309 e. The Kier molecular flexibility index (Phi) is 13.6. The van der Waals surface area contributed by atoms with Crippen molar-refractivity contribution in [2.24, 2.45) is 0 Å². The van der Waals surface area contributed by atoms with Gasteiger partial charge in [0.15, 0.2) is 17.5 Å². The summed E-state index contributed by atoms with van der Waals surface area (Å²) in [6.45, 7) is 17.4. The van der Waals surface area contributed by atoms with Gasteiger partial charge in [0, 0.05) is 49.4 Å². The predicted octanol–water partition coefficient (Wildman–Crippen LogP) is 21.7. The molecule has 0 unspecified atom stereocenters. The highest BCUT2D eigenvalue weighted by atomic mass is 15.0. The standard InChI is InChI=1S/C84H64N6/c1-50-19-29-66(54(5)39-50)61-25-35-77-72(44-61)73-45-62(67-30-20-51(2)40-55(67)6)26-36-78(73)89(77)76-34-23-58(49-85)43-71(76)70-33-24-65(84-87-82(59-15-11-9-12-16-59)86-83(88-84)60-17-13-10-14-18-60)48-81(70)90-79-37-27-63(68-31-21-52(3)41-56(68)7)46-74(79)75-47-64(28-38-80(75)90)69-32-22-53(4)42-57(69)8/h9-48H,1-8H3. The van der Waals surface area contributed by atoms with E-state index in [9.17, 15) is 5.26 Å². The summed E-state index contributed by atoms with van der Waals surface area (Å²) in [6.07, 6.45) is 0. The third-order valence-corrected chi connectivity index (χ3v) is 18.2. The van der Waals surface area contributed by atoms with Gasteiger partial charge >= 0.3 is 0 Å². The summed E-state index contributed by atoms with van der Waals surface area (Å²) < 4.78 is 4.85. The Bertz CT molecular complexity index is 5190. The highest BCUT2D eigenvalue weighted by molar-refractivity contribution is 6.14. The number of hydrogen-bond donors (Lipinski definition) is 0. The van der Waals surface area contributed by atoms with Gasteiger partial charge < -0.3 is 9.13 Å². The molecule has 430 valence electrons. The molecule has 0 N–H and O–H groups in total. The molecule has 0 atom stereocenters. The van der Waals surface area contributed by atoms with E-state index in [1.807, 2.05) is 66.7 Å². The average Bonchev–Trinajstić information content (AvgIpc) is 1.61. The van der Waals surface area contributed by atoms with Crippen LogP contribution in [0.2, 0.25) is 0 Å². The number of benzene rings is 12. The first-order valence-corrected chi connectivity index (χ1v) is 30.9. The molecular weight excluding hydrogens is 1090 g/mol. The number of fused-ring (bicyclic) bond motifs is 6. The van der Waals surface area contributed by atoms with E-state index >= 15 is 0 Å². The molecule has 15 aromatic rings. The lowest BCUT2D eigenvalue weighted by Gasteiger charge is -2.20. The molecule has 90 heavy (non-hydrogen) atoms. The molecule has 0 spiro atoms. The molecule has 12 aromatic carbocycles. The normalized spacial score (nSPS) is 11.5. The van der Waals surface area contributed by atoms with Crippen molar-refractivity contribution in [2.75, 3.05) is 0 Å². The van der Waals surface area contributed by atoms with Crippen molar-refractivity contribution in [1.29, 1.82) is 5.26 Å². The van der Waals surface area contributed by atoms with Gasteiger partial charge in [0.05, 0.1) is 45.1 Å². The fourth-order valence-corrected chi connectivity index (χ4v) is 13.8. The zero-order valence-corrected chi connectivity index (χ0v) is 51.8. The molecule has 0 radical (unpaired) electrons. The van der Waals surface area contributed by atoms with Crippen LogP contribution in [0.3, 0.4) is 0 Å². The van der Waals surface area contributed by atoms with Crippen LogP contribution in [-0.2, 0) is 0 Å². The molecular formula is C84H64N6. The van der Waals surface area contributed by atoms with E-state index in [-0.39, 0.29) is 0 Å². The van der Waals surface area contributed by atoms with Gasteiger partial charge in [-0.1, -0.05) is 192 Å². The van der Waals surface area contributed by atoms with E-state index in [1.165, 1.54) is 66.8 Å². The van der Waals surface area contributed by atoms with Gasteiger partial charge in [-0.25, -0.2) is 15.0 Å².